The quantitative estimate of drug-likeness (QED) is 0.642. The lowest BCUT2D eigenvalue weighted by molar-refractivity contribution is -0.143. The largest absolute Gasteiger partial charge is 0.451 e. The lowest BCUT2D eigenvalue weighted by atomic mass is 9.89. The van der Waals surface area contributed by atoms with Gasteiger partial charge in [0.25, 0.3) is 0 Å². The van der Waals surface area contributed by atoms with Gasteiger partial charge in [-0.05, 0) is 19.4 Å². The predicted octanol–water partition coefficient (Wildman–Crippen LogP) is 2.06. The van der Waals surface area contributed by atoms with Gasteiger partial charge in [-0.1, -0.05) is 42.5 Å². The molecular weight excluding hydrogens is 234 g/mol. The van der Waals surface area contributed by atoms with Crippen molar-refractivity contribution in [3.8, 4) is 0 Å². The molecule has 1 aliphatic heterocycles. The van der Waals surface area contributed by atoms with Crippen LogP contribution in [0.5, 0.6) is 0 Å². The number of nitrogens with two attached hydrogens (primary N) is 1. The van der Waals surface area contributed by atoms with Crippen LogP contribution in [-0.4, -0.2) is 16.6 Å². The Morgan fingerprint density at radius 2 is 1.88 bits per heavy atom. The molecule has 0 fully saturated rings. The molecule has 1 aromatic carbocycles. The molecule has 0 aromatic heterocycles. The summed E-state index contributed by atoms with van der Waals surface area (Å²) in [4.78, 5) is 11.9. The first-order chi connectivity index (χ1) is 7.93. The molecule has 0 atom stereocenters. The smallest absolute Gasteiger partial charge is 0.342 e. The molecule has 2 N–H and O–H groups in total. The van der Waals surface area contributed by atoms with Crippen molar-refractivity contribution in [3.05, 3.63) is 41.5 Å². The molecule has 1 aliphatic rings. The van der Waals surface area contributed by atoms with E-state index < -0.39 is 11.6 Å². The van der Waals surface area contributed by atoms with Gasteiger partial charge >= 0.3 is 5.97 Å². The Balaban J connectivity index is 2.68. The van der Waals surface area contributed by atoms with Crippen LogP contribution in [0.4, 0.5) is 0 Å². The molecule has 88 valence electrons. The Hall–Kier alpha value is -1.68. The van der Waals surface area contributed by atoms with Gasteiger partial charge < -0.3 is 10.5 Å². The molecule has 0 unspecified atom stereocenters. The molecule has 1 heterocycles. The van der Waals surface area contributed by atoms with Crippen LogP contribution in [-0.2, 0) is 9.53 Å². The molecule has 0 aliphatic carbocycles. The fraction of sp³-hybridized carbons (Fsp3) is 0.231. The van der Waals surface area contributed by atoms with Crippen LogP contribution in [0.1, 0.15) is 19.4 Å². The first-order valence-corrected chi connectivity index (χ1v) is 5.67. The highest BCUT2D eigenvalue weighted by Gasteiger charge is 2.41. The van der Waals surface area contributed by atoms with Crippen LogP contribution in [0.15, 0.2) is 35.9 Å². The maximum absolute atomic E-state index is 11.8. The minimum absolute atomic E-state index is 0.0828. The van der Waals surface area contributed by atoms with E-state index in [2.05, 4.69) is 0 Å². The van der Waals surface area contributed by atoms with Crippen LogP contribution in [0, 0.1) is 0 Å². The van der Waals surface area contributed by atoms with Gasteiger partial charge in [0.2, 0.25) is 0 Å². The molecule has 1 aromatic rings. The number of rotatable bonds is 2. The molecule has 2 rings (SSSR count). The van der Waals surface area contributed by atoms with Crippen molar-refractivity contribution in [1.82, 2.24) is 0 Å². The number of esters is 1. The van der Waals surface area contributed by atoms with Crippen molar-refractivity contribution in [2.24, 2.45) is 5.73 Å². The third-order valence-electron chi connectivity index (χ3n) is 2.71. The van der Waals surface area contributed by atoms with Crippen molar-refractivity contribution >= 4 is 28.7 Å². The Morgan fingerprint density at radius 1 is 1.29 bits per heavy atom. The predicted molar refractivity (Wildman–Crippen MR) is 70.3 cm³/mol. The summed E-state index contributed by atoms with van der Waals surface area (Å²) in [6, 6.07) is 9.54. The van der Waals surface area contributed by atoms with Gasteiger partial charge in [-0.3, -0.25) is 0 Å². The summed E-state index contributed by atoms with van der Waals surface area (Å²) in [5.41, 5.74) is 6.90. The number of carbonyl (C=O) groups excluding carboxylic acids is 1. The summed E-state index contributed by atoms with van der Waals surface area (Å²) in [6.45, 7) is 3.66. The third kappa shape index (κ3) is 1.96. The number of hydrogen-bond donors (Lipinski definition) is 1. The second-order valence-electron chi connectivity index (χ2n) is 4.38. The summed E-state index contributed by atoms with van der Waals surface area (Å²) < 4.78 is 5.31. The average molecular weight is 247 g/mol. The first-order valence-electron chi connectivity index (χ1n) is 5.27. The monoisotopic (exact) mass is 247 g/mol. The molecule has 0 saturated heterocycles. The normalized spacial score (nSPS) is 18.1. The lowest BCUT2D eigenvalue weighted by Gasteiger charge is -2.21. The van der Waals surface area contributed by atoms with Gasteiger partial charge in [0.15, 0.2) is 0 Å². The van der Waals surface area contributed by atoms with Crippen molar-refractivity contribution < 1.29 is 9.53 Å². The second kappa shape index (κ2) is 3.96. The first kappa shape index (κ1) is 11.8. The summed E-state index contributed by atoms with van der Waals surface area (Å²) in [6.07, 6.45) is 0. The molecule has 4 heteroatoms. The van der Waals surface area contributed by atoms with Crippen LogP contribution in [0.2, 0.25) is 0 Å². The van der Waals surface area contributed by atoms with Crippen molar-refractivity contribution in [2.45, 2.75) is 19.4 Å². The SMILES string of the molecule is CC1(C)OC(=O)C(C(N)=S)=C1c1ccccc1. The van der Waals surface area contributed by atoms with E-state index in [0.29, 0.717) is 5.57 Å². The highest BCUT2D eigenvalue weighted by atomic mass is 32.1. The van der Waals surface area contributed by atoms with Gasteiger partial charge in [0.05, 0.1) is 0 Å². The fourth-order valence-corrected chi connectivity index (χ4v) is 2.24. The second-order valence-corrected chi connectivity index (χ2v) is 4.82. The highest BCUT2D eigenvalue weighted by molar-refractivity contribution is 7.80. The summed E-state index contributed by atoms with van der Waals surface area (Å²) >= 11 is 4.93. The van der Waals surface area contributed by atoms with E-state index in [1.807, 2.05) is 44.2 Å². The van der Waals surface area contributed by atoms with Crippen LogP contribution in [0.3, 0.4) is 0 Å². The molecule has 0 bridgehead atoms. The Bertz CT molecular complexity index is 517. The number of ether oxygens (including phenoxy) is 1. The molecule has 0 saturated carbocycles. The van der Waals surface area contributed by atoms with Gasteiger partial charge in [-0.15, -0.1) is 0 Å². The minimum atomic E-state index is -0.697. The highest BCUT2D eigenvalue weighted by Crippen LogP contribution is 2.39. The molecule has 0 spiro atoms. The number of carbonyl (C=O) groups is 1. The number of thiocarbonyl (C=S) groups is 1. The molecule has 0 radical (unpaired) electrons. The van der Waals surface area contributed by atoms with E-state index in [-0.39, 0.29) is 4.99 Å². The Labute approximate surface area is 105 Å². The van der Waals surface area contributed by atoms with E-state index >= 15 is 0 Å². The number of hydrogen-bond acceptors (Lipinski definition) is 3. The van der Waals surface area contributed by atoms with Crippen LogP contribution < -0.4 is 5.73 Å². The maximum atomic E-state index is 11.8. The molecular formula is C13H13NO2S. The van der Waals surface area contributed by atoms with Gasteiger partial charge in [-0.25, -0.2) is 4.79 Å². The molecule has 17 heavy (non-hydrogen) atoms. The van der Waals surface area contributed by atoms with Gasteiger partial charge in [-0.2, -0.15) is 0 Å². The molecule has 3 nitrogen and oxygen atoms in total. The summed E-state index contributed by atoms with van der Waals surface area (Å²) in [7, 11) is 0. The lowest BCUT2D eigenvalue weighted by Crippen LogP contribution is -2.22. The van der Waals surface area contributed by atoms with Crippen LogP contribution >= 0.6 is 12.2 Å². The van der Waals surface area contributed by atoms with E-state index in [0.717, 1.165) is 11.1 Å². The topological polar surface area (TPSA) is 52.3 Å². The Morgan fingerprint density at radius 3 is 2.41 bits per heavy atom. The zero-order valence-electron chi connectivity index (χ0n) is 9.69. The summed E-state index contributed by atoms with van der Waals surface area (Å²) in [5, 5.41) is 0. The third-order valence-corrected chi connectivity index (χ3v) is 2.92. The Kier molecular flexibility index (Phi) is 2.75. The standard InChI is InChI=1S/C13H13NO2S/c1-13(2)10(8-6-4-3-5-7-8)9(11(14)17)12(15)16-13/h3-7H,1-2H3,(H2,14,17). The zero-order valence-corrected chi connectivity index (χ0v) is 10.5. The number of benzene rings is 1. The minimum Gasteiger partial charge on any atom is -0.451 e. The molecule has 0 amide bonds. The number of cyclic esters (lactones) is 1. The van der Waals surface area contributed by atoms with Gasteiger partial charge in [0, 0.05) is 5.57 Å². The van der Waals surface area contributed by atoms with Crippen molar-refractivity contribution in [3.63, 3.8) is 0 Å². The zero-order chi connectivity index (χ0) is 12.6. The fourth-order valence-electron chi connectivity index (χ4n) is 2.06. The van der Waals surface area contributed by atoms with E-state index in [9.17, 15) is 4.79 Å². The van der Waals surface area contributed by atoms with E-state index in [1.165, 1.54) is 0 Å². The van der Waals surface area contributed by atoms with Crippen molar-refractivity contribution in [1.29, 1.82) is 0 Å². The maximum Gasteiger partial charge on any atom is 0.342 e. The average Bonchev–Trinajstić information content (AvgIpc) is 2.49. The van der Waals surface area contributed by atoms with E-state index in [4.69, 9.17) is 22.7 Å². The van der Waals surface area contributed by atoms with Crippen LogP contribution in [0.25, 0.3) is 5.57 Å². The van der Waals surface area contributed by atoms with Crippen molar-refractivity contribution in [2.75, 3.05) is 0 Å². The summed E-state index contributed by atoms with van der Waals surface area (Å²) in [5.74, 6) is -0.443. The van der Waals surface area contributed by atoms with E-state index in [1.54, 1.807) is 0 Å². The van der Waals surface area contributed by atoms with Gasteiger partial charge in [0.1, 0.15) is 16.2 Å².